The molecule has 168 valence electrons. The number of primary amides is 1. The lowest BCUT2D eigenvalue weighted by Gasteiger charge is -2.26. The van der Waals surface area contributed by atoms with Crippen LogP contribution in [-0.2, 0) is 24.5 Å². The third-order valence-electron chi connectivity index (χ3n) is 4.07. The van der Waals surface area contributed by atoms with Gasteiger partial charge in [-0.25, -0.2) is 4.79 Å². The first-order valence-electron chi connectivity index (χ1n) is 9.05. The highest BCUT2D eigenvalue weighted by atomic mass is 32.2. The van der Waals surface area contributed by atoms with Crippen LogP contribution in [-0.4, -0.2) is 74.1 Å². The van der Waals surface area contributed by atoms with Crippen LogP contribution >= 0.6 is 0 Å². The Kier molecular flexibility index (Phi) is 11.4. The van der Waals surface area contributed by atoms with Gasteiger partial charge in [0.15, 0.2) is 5.78 Å². The van der Waals surface area contributed by atoms with E-state index in [2.05, 4.69) is 21.3 Å². The van der Waals surface area contributed by atoms with E-state index in [0.29, 0.717) is 6.42 Å². The molecule has 7 N–H and O–H groups in total. The number of carbonyl (C=O) groups is 4. The van der Waals surface area contributed by atoms with Crippen molar-refractivity contribution in [2.75, 3.05) is 19.3 Å². The SMILES string of the molecule is CN[C@@H](CS(=O)(=O)O)C(=O)N[C@H](C(=O)N[C@@H](CCCNC(N)=O)C(C)=O)C(C)C. The molecule has 0 bridgehead atoms. The topological polar surface area (TPSA) is 197 Å². The van der Waals surface area contributed by atoms with Crippen molar-refractivity contribution in [1.82, 2.24) is 21.3 Å². The maximum Gasteiger partial charge on any atom is 0.312 e. The largest absolute Gasteiger partial charge is 0.352 e. The lowest BCUT2D eigenvalue weighted by molar-refractivity contribution is -0.132. The number of likely N-dealkylation sites (N-methyl/N-ethyl adjacent to an activating group) is 1. The summed E-state index contributed by atoms with van der Waals surface area (Å²) in [5.74, 6) is -2.93. The van der Waals surface area contributed by atoms with Gasteiger partial charge < -0.3 is 27.0 Å². The molecule has 0 aliphatic rings. The molecule has 0 rings (SSSR count). The lowest BCUT2D eigenvalue weighted by atomic mass is 10.0. The van der Waals surface area contributed by atoms with Crippen LogP contribution in [0.25, 0.3) is 0 Å². The molecule has 0 aliphatic heterocycles. The molecule has 4 amide bonds. The van der Waals surface area contributed by atoms with Gasteiger partial charge in [0, 0.05) is 6.54 Å². The zero-order valence-electron chi connectivity index (χ0n) is 17.0. The highest BCUT2D eigenvalue weighted by molar-refractivity contribution is 7.85. The maximum absolute atomic E-state index is 12.6. The summed E-state index contributed by atoms with van der Waals surface area (Å²) in [7, 11) is -3.07. The van der Waals surface area contributed by atoms with E-state index in [1.165, 1.54) is 14.0 Å². The summed E-state index contributed by atoms with van der Waals surface area (Å²) in [5.41, 5.74) is 4.96. The number of amides is 4. The summed E-state index contributed by atoms with van der Waals surface area (Å²) in [6, 6.07) is -3.82. The van der Waals surface area contributed by atoms with E-state index in [1.807, 2.05) is 0 Å². The number of nitrogens with two attached hydrogens (primary N) is 1. The number of nitrogens with one attached hydrogen (secondary N) is 4. The third kappa shape index (κ3) is 11.4. The zero-order valence-corrected chi connectivity index (χ0v) is 17.8. The summed E-state index contributed by atoms with van der Waals surface area (Å²) in [6.45, 7) is 4.87. The van der Waals surface area contributed by atoms with Gasteiger partial charge in [-0.05, 0) is 32.7 Å². The smallest absolute Gasteiger partial charge is 0.312 e. The minimum atomic E-state index is -4.41. The maximum atomic E-state index is 12.6. The Morgan fingerprint density at radius 2 is 1.62 bits per heavy atom. The molecule has 0 aromatic carbocycles. The Labute approximate surface area is 170 Å². The summed E-state index contributed by atoms with van der Waals surface area (Å²) in [4.78, 5) is 47.4. The third-order valence-corrected chi connectivity index (χ3v) is 4.82. The van der Waals surface area contributed by atoms with Crippen molar-refractivity contribution in [3.63, 3.8) is 0 Å². The highest BCUT2D eigenvalue weighted by Crippen LogP contribution is 2.06. The number of hydrogen-bond donors (Lipinski definition) is 6. The van der Waals surface area contributed by atoms with Crippen LogP contribution in [0.15, 0.2) is 0 Å². The van der Waals surface area contributed by atoms with E-state index < -0.39 is 51.8 Å². The molecule has 0 heterocycles. The molecule has 0 aromatic heterocycles. The van der Waals surface area contributed by atoms with Gasteiger partial charge in [-0.2, -0.15) is 8.42 Å². The van der Waals surface area contributed by atoms with Crippen LogP contribution < -0.4 is 27.0 Å². The number of carbonyl (C=O) groups excluding carboxylic acids is 4. The Morgan fingerprint density at radius 1 is 1.03 bits per heavy atom. The van der Waals surface area contributed by atoms with Gasteiger partial charge in [0.2, 0.25) is 11.8 Å². The zero-order chi connectivity index (χ0) is 22.8. The van der Waals surface area contributed by atoms with E-state index in [4.69, 9.17) is 10.3 Å². The molecule has 13 heteroatoms. The van der Waals surface area contributed by atoms with Crippen LogP contribution in [0.1, 0.15) is 33.6 Å². The predicted octanol–water partition coefficient (Wildman–Crippen LogP) is -1.87. The number of rotatable bonds is 13. The quantitative estimate of drug-likeness (QED) is 0.142. The first-order chi connectivity index (χ1) is 13.3. The van der Waals surface area contributed by atoms with E-state index in [9.17, 15) is 27.6 Å². The van der Waals surface area contributed by atoms with Crippen molar-refractivity contribution in [2.45, 2.75) is 51.7 Å². The normalized spacial score (nSPS) is 14.6. The van der Waals surface area contributed by atoms with Crippen molar-refractivity contribution < 1.29 is 32.1 Å². The summed E-state index contributed by atoms with van der Waals surface area (Å²) >= 11 is 0. The van der Waals surface area contributed by atoms with Gasteiger partial charge in [0.1, 0.15) is 12.1 Å². The minimum absolute atomic E-state index is 0.235. The number of Topliss-reactive ketones (excluding diaryl/α,β-unsaturated/α-hetero) is 1. The molecule has 0 radical (unpaired) electrons. The Bertz CT molecular complexity index is 696. The molecule has 12 nitrogen and oxygen atoms in total. The molecule has 0 saturated heterocycles. The van der Waals surface area contributed by atoms with Crippen molar-refractivity contribution in [3.8, 4) is 0 Å². The van der Waals surface area contributed by atoms with E-state index in [-0.39, 0.29) is 24.7 Å². The minimum Gasteiger partial charge on any atom is -0.352 e. The monoisotopic (exact) mass is 437 g/mol. The second kappa shape index (κ2) is 12.3. The van der Waals surface area contributed by atoms with Gasteiger partial charge in [-0.15, -0.1) is 0 Å². The highest BCUT2D eigenvalue weighted by Gasteiger charge is 2.31. The van der Waals surface area contributed by atoms with Crippen molar-refractivity contribution >= 4 is 33.7 Å². The molecule has 3 atom stereocenters. The van der Waals surface area contributed by atoms with Gasteiger partial charge in [0.25, 0.3) is 10.1 Å². The average molecular weight is 438 g/mol. The van der Waals surface area contributed by atoms with Crippen molar-refractivity contribution in [3.05, 3.63) is 0 Å². The lowest BCUT2D eigenvalue weighted by Crippen LogP contribution is -2.57. The van der Waals surface area contributed by atoms with Crippen LogP contribution in [0.4, 0.5) is 4.79 Å². The summed E-state index contributed by atoms with van der Waals surface area (Å²) < 4.78 is 31.0. The van der Waals surface area contributed by atoms with Crippen LogP contribution in [0, 0.1) is 5.92 Å². The molecule has 0 unspecified atom stereocenters. The van der Waals surface area contributed by atoms with E-state index in [1.54, 1.807) is 13.8 Å². The molecule has 0 fully saturated rings. The number of ketones is 1. The number of hydrogen-bond acceptors (Lipinski definition) is 7. The van der Waals surface area contributed by atoms with Gasteiger partial charge in [-0.1, -0.05) is 13.8 Å². The Morgan fingerprint density at radius 3 is 2.03 bits per heavy atom. The van der Waals surface area contributed by atoms with Crippen molar-refractivity contribution in [2.24, 2.45) is 11.7 Å². The predicted molar refractivity (Wildman–Crippen MR) is 105 cm³/mol. The van der Waals surface area contributed by atoms with Gasteiger partial charge in [0.05, 0.1) is 11.8 Å². The molecule has 0 saturated carbocycles. The van der Waals surface area contributed by atoms with Crippen LogP contribution in [0.5, 0.6) is 0 Å². The molecule has 0 spiro atoms. The molecule has 29 heavy (non-hydrogen) atoms. The molecular formula is C16H31N5O7S. The fourth-order valence-corrected chi connectivity index (χ4v) is 3.19. The Hall–Kier alpha value is -2.25. The standard InChI is InChI=1S/C16H31N5O7S/c1-9(2)13(21-14(23)12(18-4)8-29(26,27)28)15(24)20-11(10(3)22)6-5-7-19-16(17)25/h9,11-13,18H,5-8H2,1-4H3,(H,20,24)(H,21,23)(H3,17,19,25)(H,26,27,28)/t11-,12-,13-/m0/s1. The molecule has 0 aliphatic carbocycles. The fourth-order valence-electron chi connectivity index (χ4n) is 2.45. The number of urea groups is 1. The van der Waals surface area contributed by atoms with Crippen molar-refractivity contribution in [1.29, 1.82) is 0 Å². The fraction of sp³-hybridized carbons (Fsp3) is 0.750. The second-order valence-electron chi connectivity index (χ2n) is 6.93. The second-order valence-corrected chi connectivity index (χ2v) is 8.42. The van der Waals surface area contributed by atoms with E-state index in [0.717, 1.165) is 0 Å². The first kappa shape index (κ1) is 26.8. The molecule has 0 aromatic rings. The van der Waals surface area contributed by atoms with Crippen LogP contribution in [0.3, 0.4) is 0 Å². The van der Waals surface area contributed by atoms with E-state index >= 15 is 0 Å². The average Bonchev–Trinajstić information content (AvgIpc) is 2.58. The first-order valence-corrected chi connectivity index (χ1v) is 10.7. The van der Waals surface area contributed by atoms with Gasteiger partial charge >= 0.3 is 6.03 Å². The summed E-state index contributed by atoms with van der Waals surface area (Å²) in [5, 5.41) is 9.85. The van der Waals surface area contributed by atoms with Gasteiger partial charge in [-0.3, -0.25) is 18.9 Å². The Balaban J connectivity index is 5.06. The van der Waals surface area contributed by atoms with Crippen LogP contribution in [0.2, 0.25) is 0 Å². The molecular weight excluding hydrogens is 406 g/mol. The summed E-state index contributed by atoms with van der Waals surface area (Å²) in [6.07, 6.45) is 0.643.